The Bertz CT molecular complexity index is 782. The van der Waals surface area contributed by atoms with Crippen LogP contribution < -0.4 is 5.43 Å². The van der Waals surface area contributed by atoms with Gasteiger partial charge in [0.15, 0.2) is 0 Å². The first-order valence-electron chi connectivity index (χ1n) is 8.42. The maximum absolute atomic E-state index is 11.8. The number of carbonyl (C=O) groups is 1. The van der Waals surface area contributed by atoms with E-state index in [9.17, 15) is 4.79 Å². The third-order valence-corrected chi connectivity index (χ3v) is 4.06. The van der Waals surface area contributed by atoms with Crippen molar-refractivity contribution < 1.29 is 9.53 Å². The van der Waals surface area contributed by atoms with Crippen LogP contribution >= 0.6 is 0 Å². The van der Waals surface area contributed by atoms with Gasteiger partial charge in [0.25, 0.3) is 0 Å². The molecule has 0 aromatic heterocycles. The van der Waals surface area contributed by atoms with Gasteiger partial charge in [0.05, 0.1) is 18.3 Å². The van der Waals surface area contributed by atoms with Crippen LogP contribution in [0.3, 0.4) is 0 Å². The highest BCUT2D eigenvalue weighted by Crippen LogP contribution is 2.33. The average molecular weight is 334 g/mol. The summed E-state index contributed by atoms with van der Waals surface area (Å²) in [4.78, 5) is 11.8. The van der Waals surface area contributed by atoms with Gasteiger partial charge < -0.3 is 4.74 Å². The van der Waals surface area contributed by atoms with E-state index in [0.717, 1.165) is 22.5 Å². The Labute approximate surface area is 148 Å². The molecule has 0 unspecified atom stereocenters. The monoisotopic (exact) mass is 334 g/mol. The van der Waals surface area contributed by atoms with Crippen molar-refractivity contribution in [3.05, 3.63) is 89.6 Å². The third kappa shape index (κ3) is 3.91. The first-order valence-corrected chi connectivity index (χ1v) is 8.42. The predicted octanol–water partition coefficient (Wildman–Crippen LogP) is 4.06. The zero-order valence-electron chi connectivity index (χ0n) is 14.5. The summed E-state index contributed by atoms with van der Waals surface area (Å²) in [5, 5.41) is 1.99. The number of esters is 1. The van der Waals surface area contributed by atoms with Crippen LogP contribution in [0.25, 0.3) is 5.70 Å². The number of ether oxygens (including phenoxy) is 1. The van der Waals surface area contributed by atoms with Gasteiger partial charge in [0, 0.05) is 11.8 Å². The maximum Gasteiger partial charge on any atom is 0.332 e. The zero-order valence-corrected chi connectivity index (χ0v) is 14.5. The van der Waals surface area contributed by atoms with Gasteiger partial charge in [0.1, 0.15) is 0 Å². The van der Waals surface area contributed by atoms with Crippen molar-refractivity contribution in [3.63, 3.8) is 0 Å². The lowest BCUT2D eigenvalue weighted by molar-refractivity contribution is -0.137. The highest BCUT2D eigenvalue weighted by molar-refractivity contribution is 5.82. The Kier molecular flexibility index (Phi) is 5.19. The fraction of sp³-hybridized carbons (Fsp3) is 0.190. The molecule has 25 heavy (non-hydrogen) atoms. The molecule has 0 radical (unpaired) electrons. The Morgan fingerprint density at radius 3 is 2.40 bits per heavy atom. The summed E-state index contributed by atoms with van der Waals surface area (Å²) >= 11 is 0. The van der Waals surface area contributed by atoms with E-state index < -0.39 is 0 Å². The summed E-state index contributed by atoms with van der Waals surface area (Å²) in [7, 11) is 0. The molecule has 0 bridgehead atoms. The largest absolute Gasteiger partial charge is 0.463 e. The van der Waals surface area contributed by atoms with Crippen LogP contribution in [0.4, 0.5) is 0 Å². The van der Waals surface area contributed by atoms with Crippen LogP contribution in [-0.4, -0.2) is 17.6 Å². The number of rotatable bonds is 5. The molecule has 0 saturated heterocycles. The molecular formula is C21H22N2O2. The zero-order chi connectivity index (χ0) is 17.6. The first-order chi connectivity index (χ1) is 12.2. The van der Waals surface area contributed by atoms with Crippen molar-refractivity contribution in [1.82, 2.24) is 10.4 Å². The number of nitrogens with one attached hydrogen (secondary N) is 1. The molecule has 1 aliphatic rings. The van der Waals surface area contributed by atoms with Crippen molar-refractivity contribution in [3.8, 4) is 0 Å². The number of benzene rings is 2. The molecule has 4 heteroatoms. The number of carbonyl (C=O) groups excluding carboxylic acids is 1. The molecule has 0 saturated carbocycles. The van der Waals surface area contributed by atoms with Gasteiger partial charge in [-0.3, -0.25) is 10.4 Å². The molecule has 2 aromatic rings. The van der Waals surface area contributed by atoms with Crippen LogP contribution in [0.1, 0.15) is 31.0 Å². The molecule has 0 spiro atoms. The quantitative estimate of drug-likeness (QED) is 0.661. The summed E-state index contributed by atoms with van der Waals surface area (Å²) in [6.07, 6.45) is 3.70. The predicted molar refractivity (Wildman–Crippen MR) is 99.0 cm³/mol. The second kappa shape index (κ2) is 7.71. The van der Waals surface area contributed by atoms with E-state index in [1.54, 1.807) is 6.92 Å². The number of nitrogens with zero attached hydrogens (tertiary/aromatic N) is 1. The summed E-state index contributed by atoms with van der Waals surface area (Å²) in [5.74, 6) is -0.332. The molecule has 1 heterocycles. The van der Waals surface area contributed by atoms with Crippen molar-refractivity contribution >= 4 is 11.7 Å². The molecule has 3 rings (SSSR count). The lowest BCUT2D eigenvalue weighted by Crippen LogP contribution is -2.32. The Morgan fingerprint density at radius 2 is 1.76 bits per heavy atom. The second-order valence-electron chi connectivity index (χ2n) is 5.82. The number of allylic oxidation sites excluding steroid dienone is 1. The van der Waals surface area contributed by atoms with E-state index in [0.29, 0.717) is 6.61 Å². The molecule has 128 valence electrons. The lowest BCUT2D eigenvalue weighted by atomic mass is 10.0. The van der Waals surface area contributed by atoms with Gasteiger partial charge >= 0.3 is 5.97 Å². The maximum atomic E-state index is 11.8. The molecule has 0 fully saturated rings. The molecule has 4 nitrogen and oxygen atoms in total. The van der Waals surface area contributed by atoms with E-state index in [4.69, 9.17) is 4.74 Å². The van der Waals surface area contributed by atoms with Gasteiger partial charge in [0.2, 0.25) is 0 Å². The van der Waals surface area contributed by atoms with Crippen molar-refractivity contribution in [2.75, 3.05) is 6.61 Å². The summed E-state index contributed by atoms with van der Waals surface area (Å²) in [5.41, 5.74) is 7.50. The smallest absolute Gasteiger partial charge is 0.332 e. The summed E-state index contributed by atoms with van der Waals surface area (Å²) in [6.45, 7) is 4.07. The van der Waals surface area contributed by atoms with Crippen LogP contribution in [0, 0.1) is 0 Å². The third-order valence-electron chi connectivity index (χ3n) is 4.06. The first kappa shape index (κ1) is 16.8. The van der Waals surface area contributed by atoms with E-state index >= 15 is 0 Å². The second-order valence-corrected chi connectivity index (χ2v) is 5.82. The number of hydrogen-bond donors (Lipinski definition) is 1. The fourth-order valence-electron chi connectivity index (χ4n) is 2.87. The SMILES string of the molecule is CCOC(=O)/C=C(\C)N1NC(c2ccccc2)=C[C@H]1c1ccccc1. The van der Waals surface area contributed by atoms with Crippen LogP contribution in [0.2, 0.25) is 0 Å². The Balaban J connectivity index is 1.93. The molecule has 1 atom stereocenters. The van der Waals surface area contributed by atoms with Gasteiger partial charge in [-0.1, -0.05) is 60.7 Å². The lowest BCUT2D eigenvalue weighted by Gasteiger charge is -2.28. The van der Waals surface area contributed by atoms with Crippen molar-refractivity contribution in [2.45, 2.75) is 19.9 Å². The minimum Gasteiger partial charge on any atom is -0.463 e. The fourth-order valence-corrected chi connectivity index (χ4v) is 2.87. The van der Waals surface area contributed by atoms with Crippen LogP contribution in [0.15, 0.2) is 78.5 Å². The summed E-state index contributed by atoms with van der Waals surface area (Å²) < 4.78 is 5.04. The molecule has 2 aromatic carbocycles. The Morgan fingerprint density at radius 1 is 1.12 bits per heavy atom. The normalized spacial score (nSPS) is 17.0. The van der Waals surface area contributed by atoms with E-state index in [1.807, 2.05) is 48.3 Å². The molecule has 0 amide bonds. The number of hydrazine groups is 1. The van der Waals surface area contributed by atoms with Crippen LogP contribution in [-0.2, 0) is 9.53 Å². The molecule has 1 N–H and O–H groups in total. The summed E-state index contributed by atoms with van der Waals surface area (Å²) in [6, 6.07) is 20.4. The van der Waals surface area contributed by atoms with Gasteiger partial charge in [-0.15, -0.1) is 0 Å². The van der Waals surface area contributed by atoms with Crippen molar-refractivity contribution in [1.29, 1.82) is 0 Å². The Hall–Kier alpha value is -3.01. The van der Waals surface area contributed by atoms with E-state index in [1.165, 1.54) is 6.08 Å². The molecule has 0 aliphatic carbocycles. The van der Waals surface area contributed by atoms with Crippen molar-refractivity contribution in [2.24, 2.45) is 0 Å². The minimum atomic E-state index is -0.332. The molecule has 1 aliphatic heterocycles. The highest BCUT2D eigenvalue weighted by atomic mass is 16.5. The minimum absolute atomic E-state index is 0.00193. The van der Waals surface area contributed by atoms with Gasteiger partial charge in [-0.25, -0.2) is 4.79 Å². The van der Waals surface area contributed by atoms with Crippen LogP contribution in [0.5, 0.6) is 0 Å². The highest BCUT2D eigenvalue weighted by Gasteiger charge is 2.27. The van der Waals surface area contributed by atoms with E-state index in [2.05, 4.69) is 35.8 Å². The number of hydrogen-bond acceptors (Lipinski definition) is 4. The van der Waals surface area contributed by atoms with E-state index in [-0.39, 0.29) is 12.0 Å². The van der Waals surface area contributed by atoms with Gasteiger partial charge in [-0.2, -0.15) is 0 Å². The standard InChI is InChI=1S/C21H22N2O2/c1-3-25-21(24)14-16(2)23-20(18-12-8-5-9-13-18)15-19(22-23)17-10-6-4-7-11-17/h4-15,20,22H,3H2,1-2H3/b16-14+/t20-/m0/s1. The topological polar surface area (TPSA) is 41.6 Å². The molecular weight excluding hydrogens is 312 g/mol. The van der Waals surface area contributed by atoms with Gasteiger partial charge in [-0.05, 0) is 31.1 Å². The average Bonchev–Trinajstić information content (AvgIpc) is 3.09.